The molecule has 1 atom stereocenters. The molecule has 2 amide bonds. The maximum absolute atomic E-state index is 12.5. The lowest BCUT2D eigenvalue weighted by atomic mass is 10.1. The molecule has 0 saturated carbocycles. The number of anilines is 1. The zero-order chi connectivity index (χ0) is 21.6. The van der Waals surface area contributed by atoms with E-state index in [-0.39, 0.29) is 18.2 Å². The largest absolute Gasteiger partial charge is 0.426 e. The van der Waals surface area contributed by atoms with Crippen molar-refractivity contribution in [1.29, 1.82) is 0 Å². The van der Waals surface area contributed by atoms with Gasteiger partial charge in [0.05, 0.1) is 10.8 Å². The first-order valence-corrected chi connectivity index (χ1v) is 10.9. The zero-order valence-electron chi connectivity index (χ0n) is 16.8. The minimum absolute atomic E-state index is 0.0236. The molecule has 1 aromatic heterocycles. The number of esters is 1. The predicted molar refractivity (Wildman–Crippen MR) is 119 cm³/mol. The summed E-state index contributed by atoms with van der Waals surface area (Å²) in [6.45, 7) is 0.963. The van der Waals surface area contributed by atoms with Crippen LogP contribution in [0, 0.1) is 5.92 Å². The van der Waals surface area contributed by atoms with E-state index >= 15 is 0 Å². The highest BCUT2D eigenvalue weighted by molar-refractivity contribution is 7.12. The van der Waals surface area contributed by atoms with Crippen LogP contribution in [0.2, 0.25) is 0 Å². The highest BCUT2D eigenvalue weighted by atomic mass is 32.1. The third-order valence-corrected chi connectivity index (χ3v) is 6.01. The minimum Gasteiger partial charge on any atom is -0.426 e. The van der Waals surface area contributed by atoms with Crippen LogP contribution in [0.3, 0.4) is 0 Å². The van der Waals surface area contributed by atoms with Crippen molar-refractivity contribution in [1.82, 2.24) is 4.90 Å². The van der Waals surface area contributed by atoms with Gasteiger partial charge in [-0.3, -0.25) is 14.4 Å². The number of amides is 2. The molecule has 6 nitrogen and oxygen atoms in total. The van der Waals surface area contributed by atoms with E-state index in [2.05, 4.69) is 5.32 Å². The van der Waals surface area contributed by atoms with Crippen molar-refractivity contribution in [2.24, 2.45) is 5.92 Å². The van der Waals surface area contributed by atoms with E-state index in [0.29, 0.717) is 29.4 Å². The van der Waals surface area contributed by atoms with Crippen LogP contribution in [0.5, 0.6) is 5.75 Å². The smallest absolute Gasteiger partial charge is 0.316 e. The maximum Gasteiger partial charge on any atom is 0.316 e. The molecule has 1 fully saturated rings. The van der Waals surface area contributed by atoms with E-state index in [0.717, 1.165) is 12.0 Å². The van der Waals surface area contributed by atoms with Gasteiger partial charge in [-0.15, -0.1) is 11.3 Å². The number of hydrogen-bond donors (Lipinski definition) is 1. The Morgan fingerprint density at radius 1 is 1.03 bits per heavy atom. The van der Waals surface area contributed by atoms with Gasteiger partial charge < -0.3 is 15.0 Å². The van der Waals surface area contributed by atoms with Crippen molar-refractivity contribution in [3.05, 3.63) is 82.6 Å². The summed E-state index contributed by atoms with van der Waals surface area (Å²) in [6.07, 6.45) is 0.926. The number of likely N-dealkylation sites (tertiary alicyclic amines) is 1. The van der Waals surface area contributed by atoms with Crippen molar-refractivity contribution in [3.63, 3.8) is 0 Å². The molecule has 1 aliphatic heterocycles. The number of thiophene rings is 1. The lowest BCUT2D eigenvalue weighted by Crippen LogP contribution is -2.29. The molecule has 4 rings (SSSR count). The molecule has 7 heteroatoms. The van der Waals surface area contributed by atoms with Crippen LogP contribution in [-0.4, -0.2) is 35.8 Å². The molecular formula is C24H22N2O4S. The van der Waals surface area contributed by atoms with Gasteiger partial charge in [-0.1, -0.05) is 36.4 Å². The summed E-state index contributed by atoms with van der Waals surface area (Å²) in [5.41, 5.74) is 1.77. The summed E-state index contributed by atoms with van der Waals surface area (Å²) in [6, 6.07) is 20.2. The van der Waals surface area contributed by atoms with Gasteiger partial charge in [0.2, 0.25) is 5.91 Å². The van der Waals surface area contributed by atoms with E-state index in [9.17, 15) is 14.4 Å². The Bertz CT molecular complexity index is 1050. The number of carbonyl (C=O) groups is 3. The van der Waals surface area contributed by atoms with Crippen molar-refractivity contribution in [2.75, 3.05) is 18.4 Å². The van der Waals surface area contributed by atoms with E-state index in [1.54, 1.807) is 35.2 Å². The maximum atomic E-state index is 12.5. The molecule has 3 aromatic rings. The molecule has 158 valence electrons. The number of benzene rings is 2. The molecule has 1 unspecified atom stereocenters. The van der Waals surface area contributed by atoms with Gasteiger partial charge in [0.1, 0.15) is 5.75 Å². The highest BCUT2D eigenvalue weighted by Crippen LogP contribution is 2.23. The van der Waals surface area contributed by atoms with Crippen LogP contribution in [0.25, 0.3) is 0 Å². The van der Waals surface area contributed by atoms with Gasteiger partial charge in [-0.05, 0) is 47.7 Å². The Hall–Kier alpha value is -3.45. The fraction of sp³-hybridized carbons (Fsp3) is 0.208. The van der Waals surface area contributed by atoms with Crippen LogP contribution in [-0.2, 0) is 16.0 Å². The molecule has 1 aliphatic rings. The monoisotopic (exact) mass is 434 g/mol. The SMILES string of the molecule is O=C(Nc1ccc(OC(=O)C2CC(=O)N(CCc3ccccc3)C2)cc1)c1cccs1. The third-order valence-electron chi connectivity index (χ3n) is 5.14. The molecule has 0 bridgehead atoms. The van der Waals surface area contributed by atoms with Crippen molar-refractivity contribution >= 4 is 34.8 Å². The molecule has 2 aromatic carbocycles. The Balaban J connectivity index is 1.28. The first-order chi connectivity index (χ1) is 15.1. The topological polar surface area (TPSA) is 75.7 Å². The molecule has 1 N–H and O–H groups in total. The molecule has 1 saturated heterocycles. The summed E-state index contributed by atoms with van der Waals surface area (Å²) < 4.78 is 5.46. The van der Waals surface area contributed by atoms with Gasteiger partial charge in [-0.25, -0.2) is 0 Å². The lowest BCUT2D eigenvalue weighted by Gasteiger charge is -2.16. The number of nitrogens with one attached hydrogen (secondary N) is 1. The summed E-state index contributed by atoms with van der Waals surface area (Å²) in [5.74, 6) is -0.703. The second kappa shape index (κ2) is 9.57. The number of nitrogens with zero attached hydrogens (tertiary/aromatic N) is 1. The van der Waals surface area contributed by atoms with E-state index < -0.39 is 11.9 Å². The minimum atomic E-state index is -0.471. The average Bonchev–Trinajstić information content (AvgIpc) is 3.45. The Morgan fingerprint density at radius 2 is 1.81 bits per heavy atom. The van der Waals surface area contributed by atoms with E-state index in [4.69, 9.17) is 4.74 Å². The van der Waals surface area contributed by atoms with Crippen molar-refractivity contribution in [2.45, 2.75) is 12.8 Å². The zero-order valence-corrected chi connectivity index (χ0v) is 17.6. The summed E-state index contributed by atoms with van der Waals surface area (Å²) >= 11 is 1.37. The predicted octanol–water partition coefficient (Wildman–Crippen LogP) is 4.00. The second-order valence-corrected chi connectivity index (χ2v) is 8.30. The van der Waals surface area contributed by atoms with Gasteiger partial charge in [0.15, 0.2) is 0 Å². The van der Waals surface area contributed by atoms with Crippen LogP contribution >= 0.6 is 11.3 Å². The fourth-order valence-corrected chi connectivity index (χ4v) is 4.08. The van der Waals surface area contributed by atoms with Crippen LogP contribution in [0.15, 0.2) is 72.1 Å². The molecule has 0 aliphatic carbocycles. The Kier molecular flexibility index (Phi) is 6.43. The molecule has 0 radical (unpaired) electrons. The van der Waals surface area contributed by atoms with Crippen LogP contribution in [0.1, 0.15) is 21.7 Å². The third kappa shape index (κ3) is 5.38. The molecular weight excluding hydrogens is 412 g/mol. The van der Waals surface area contributed by atoms with Crippen LogP contribution in [0.4, 0.5) is 5.69 Å². The first kappa shape index (κ1) is 20.8. The Morgan fingerprint density at radius 3 is 2.52 bits per heavy atom. The number of hydrogen-bond acceptors (Lipinski definition) is 5. The van der Waals surface area contributed by atoms with Crippen molar-refractivity contribution < 1.29 is 19.1 Å². The summed E-state index contributed by atoms with van der Waals surface area (Å²) in [4.78, 5) is 39.3. The number of ether oxygens (including phenoxy) is 1. The van der Waals surface area contributed by atoms with Gasteiger partial charge in [0, 0.05) is 25.2 Å². The molecule has 2 heterocycles. The Labute approximate surface area is 184 Å². The quantitative estimate of drug-likeness (QED) is 0.451. The van der Waals surface area contributed by atoms with Crippen molar-refractivity contribution in [3.8, 4) is 5.75 Å². The summed E-state index contributed by atoms with van der Waals surface area (Å²) in [7, 11) is 0. The van der Waals surface area contributed by atoms with Gasteiger partial charge in [-0.2, -0.15) is 0 Å². The average molecular weight is 435 g/mol. The molecule has 0 spiro atoms. The standard InChI is InChI=1S/C24H22N2O4S/c27-22-15-18(16-26(22)13-12-17-5-2-1-3-6-17)24(29)30-20-10-8-19(9-11-20)25-23(28)21-7-4-14-31-21/h1-11,14,18H,12-13,15-16H2,(H,25,28). The van der Waals surface area contributed by atoms with Crippen LogP contribution < -0.4 is 10.1 Å². The highest BCUT2D eigenvalue weighted by Gasteiger charge is 2.35. The van der Waals surface area contributed by atoms with E-state index in [1.807, 2.05) is 41.8 Å². The first-order valence-electron chi connectivity index (χ1n) is 10.1. The van der Waals surface area contributed by atoms with Gasteiger partial charge in [0.25, 0.3) is 5.91 Å². The number of carbonyl (C=O) groups excluding carboxylic acids is 3. The van der Waals surface area contributed by atoms with Gasteiger partial charge >= 0.3 is 5.97 Å². The second-order valence-electron chi connectivity index (χ2n) is 7.35. The van der Waals surface area contributed by atoms with E-state index in [1.165, 1.54) is 11.3 Å². The number of rotatable bonds is 7. The summed E-state index contributed by atoms with van der Waals surface area (Å²) in [5, 5.41) is 4.64. The normalized spacial score (nSPS) is 15.7. The fourth-order valence-electron chi connectivity index (χ4n) is 3.46. The lowest BCUT2D eigenvalue weighted by molar-refractivity contribution is -0.139. The molecule has 31 heavy (non-hydrogen) atoms.